The highest BCUT2D eigenvalue weighted by Gasteiger charge is 2.41. The number of hydrogen-bond acceptors (Lipinski definition) is 2. The first-order chi connectivity index (χ1) is 12.5. The minimum Gasteiger partial charge on any atom is -0.361 e. The molecule has 0 aliphatic carbocycles. The molecule has 2 N–H and O–H groups in total. The van der Waals surface area contributed by atoms with Crippen molar-refractivity contribution in [2.75, 3.05) is 4.90 Å². The van der Waals surface area contributed by atoms with E-state index in [2.05, 4.69) is 71.3 Å². The third-order valence-electron chi connectivity index (χ3n) is 5.04. The molecule has 1 fully saturated rings. The van der Waals surface area contributed by atoms with Gasteiger partial charge in [-0.2, -0.15) is 0 Å². The summed E-state index contributed by atoms with van der Waals surface area (Å²) in [4.78, 5) is 10.3. The van der Waals surface area contributed by atoms with E-state index in [1.807, 2.05) is 24.4 Å². The number of H-pyrrole nitrogens is 1. The van der Waals surface area contributed by atoms with Gasteiger partial charge in [-0.1, -0.05) is 12.1 Å². The second-order valence-electron chi connectivity index (χ2n) is 6.86. The molecule has 0 unspecified atom stereocenters. The van der Waals surface area contributed by atoms with E-state index in [4.69, 9.17) is 12.2 Å². The molecule has 1 saturated heterocycles. The first-order valence-electron chi connectivity index (χ1n) is 8.78. The zero-order valence-electron chi connectivity index (χ0n) is 15.2. The molecule has 0 radical (unpaired) electrons. The zero-order chi connectivity index (χ0) is 18.3. The van der Waals surface area contributed by atoms with Crippen molar-refractivity contribution < 1.29 is 0 Å². The van der Waals surface area contributed by atoms with Crippen LogP contribution in [0.15, 0.2) is 54.7 Å². The fraction of sp³-hybridized carbons (Fsp3) is 0.238. The predicted octanol–water partition coefficient (Wildman–Crippen LogP) is 4.51. The molecule has 1 aliphatic rings. The largest absolute Gasteiger partial charge is 0.361 e. The maximum Gasteiger partial charge on any atom is 0.174 e. The summed E-state index contributed by atoms with van der Waals surface area (Å²) in [5.41, 5.74) is 6.88. The van der Waals surface area contributed by atoms with E-state index in [0.29, 0.717) is 0 Å². The number of thiocarbonyl (C=S) groups is 1. The maximum atomic E-state index is 5.73. The molecule has 2 atom stereocenters. The highest BCUT2D eigenvalue weighted by molar-refractivity contribution is 7.80. The Morgan fingerprint density at radius 2 is 1.85 bits per heavy atom. The number of aromatic nitrogens is 2. The van der Waals surface area contributed by atoms with Gasteiger partial charge >= 0.3 is 0 Å². The van der Waals surface area contributed by atoms with Crippen LogP contribution in [0.2, 0.25) is 0 Å². The van der Waals surface area contributed by atoms with Crippen molar-refractivity contribution in [3.05, 3.63) is 82.9 Å². The average Bonchev–Trinajstić information content (AvgIpc) is 3.21. The Kier molecular flexibility index (Phi) is 4.24. The molecular weight excluding hydrogens is 340 g/mol. The van der Waals surface area contributed by atoms with Crippen LogP contribution in [0.1, 0.15) is 40.3 Å². The number of aryl methyl sites for hydroxylation is 3. The molecule has 3 heterocycles. The topological polar surface area (TPSA) is 44.0 Å². The summed E-state index contributed by atoms with van der Waals surface area (Å²) in [6, 6.07) is 16.7. The van der Waals surface area contributed by atoms with Gasteiger partial charge in [-0.3, -0.25) is 4.98 Å². The third kappa shape index (κ3) is 2.88. The summed E-state index contributed by atoms with van der Waals surface area (Å²) in [6.07, 6.45) is 1.83. The summed E-state index contributed by atoms with van der Waals surface area (Å²) in [6.45, 7) is 6.33. The second kappa shape index (κ2) is 6.57. The van der Waals surface area contributed by atoms with Gasteiger partial charge in [0.15, 0.2) is 5.11 Å². The van der Waals surface area contributed by atoms with Crippen LogP contribution >= 0.6 is 12.2 Å². The van der Waals surface area contributed by atoms with Gasteiger partial charge < -0.3 is 15.2 Å². The Bertz CT molecular complexity index is 948. The van der Waals surface area contributed by atoms with E-state index in [0.717, 1.165) is 27.9 Å². The number of benzene rings is 1. The SMILES string of the molecule is Cc1ccc([C@@H]2[C@@H](c3ccccn3)NC(=S)N2c2ccc(C)c(C)c2)[nH]1. The Balaban J connectivity index is 1.83. The van der Waals surface area contributed by atoms with Crippen molar-refractivity contribution in [1.29, 1.82) is 0 Å². The lowest BCUT2D eigenvalue weighted by atomic mass is 10.0. The minimum absolute atomic E-state index is 0.0108. The summed E-state index contributed by atoms with van der Waals surface area (Å²) < 4.78 is 0. The number of pyridine rings is 1. The van der Waals surface area contributed by atoms with Gasteiger partial charge in [-0.25, -0.2) is 0 Å². The Morgan fingerprint density at radius 3 is 2.50 bits per heavy atom. The summed E-state index contributed by atoms with van der Waals surface area (Å²) >= 11 is 5.73. The molecule has 5 heteroatoms. The minimum atomic E-state index is -0.0108. The second-order valence-corrected chi connectivity index (χ2v) is 7.25. The molecule has 3 aromatic rings. The fourth-order valence-electron chi connectivity index (χ4n) is 3.52. The smallest absolute Gasteiger partial charge is 0.174 e. The van der Waals surface area contributed by atoms with Crippen molar-refractivity contribution in [1.82, 2.24) is 15.3 Å². The maximum absolute atomic E-state index is 5.73. The molecule has 1 aromatic carbocycles. The molecule has 1 aliphatic heterocycles. The van der Waals surface area contributed by atoms with Crippen LogP contribution < -0.4 is 10.2 Å². The van der Waals surface area contributed by atoms with Crippen LogP contribution in [-0.2, 0) is 0 Å². The lowest BCUT2D eigenvalue weighted by Gasteiger charge is -2.27. The fourth-order valence-corrected chi connectivity index (χ4v) is 3.87. The first kappa shape index (κ1) is 16.8. The highest BCUT2D eigenvalue weighted by Crippen LogP contribution is 2.41. The molecular formula is C21H22N4S. The van der Waals surface area contributed by atoms with E-state index in [1.165, 1.54) is 11.1 Å². The van der Waals surface area contributed by atoms with Crippen molar-refractivity contribution in [3.8, 4) is 0 Å². The number of aromatic amines is 1. The molecule has 0 bridgehead atoms. The van der Waals surface area contributed by atoms with Crippen molar-refractivity contribution in [2.24, 2.45) is 0 Å². The van der Waals surface area contributed by atoms with E-state index >= 15 is 0 Å². The summed E-state index contributed by atoms with van der Waals surface area (Å²) in [5, 5.41) is 4.21. The number of nitrogens with one attached hydrogen (secondary N) is 2. The molecule has 132 valence electrons. The highest BCUT2D eigenvalue weighted by atomic mass is 32.1. The Labute approximate surface area is 159 Å². The van der Waals surface area contributed by atoms with Crippen LogP contribution in [0.3, 0.4) is 0 Å². The molecule has 4 nitrogen and oxygen atoms in total. The molecule has 0 spiro atoms. The van der Waals surface area contributed by atoms with Gasteiger partial charge in [0.1, 0.15) is 6.04 Å². The quantitative estimate of drug-likeness (QED) is 0.673. The van der Waals surface area contributed by atoms with Crippen LogP contribution in [0.4, 0.5) is 5.69 Å². The zero-order valence-corrected chi connectivity index (χ0v) is 16.0. The van der Waals surface area contributed by atoms with Gasteiger partial charge in [0.2, 0.25) is 0 Å². The number of hydrogen-bond donors (Lipinski definition) is 2. The predicted molar refractivity (Wildman–Crippen MR) is 109 cm³/mol. The summed E-state index contributed by atoms with van der Waals surface area (Å²) in [7, 11) is 0. The van der Waals surface area contributed by atoms with Crippen LogP contribution in [-0.4, -0.2) is 15.1 Å². The molecule has 0 amide bonds. The van der Waals surface area contributed by atoms with E-state index in [-0.39, 0.29) is 12.1 Å². The third-order valence-corrected chi connectivity index (χ3v) is 5.35. The van der Waals surface area contributed by atoms with Crippen molar-refractivity contribution in [3.63, 3.8) is 0 Å². The summed E-state index contributed by atoms with van der Waals surface area (Å²) in [5.74, 6) is 0. The Morgan fingerprint density at radius 1 is 1.00 bits per heavy atom. The van der Waals surface area contributed by atoms with Crippen molar-refractivity contribution in [2.45, 2.75) is 32.9 Å². The van der Waals surface area contributed by atoms with E-state index < -0.39 is 0 Å². The van der Waals surface area contributed by atoms with Gasteiger partial charge in [-0.15, -0.1) is 0 Å². The Hall–Kier alpha value is -2.66. The van der Waals surface area contributed by atoms with Crippen molar-refractivity contribution >= 4 is 23.0 Å². The number of nitrogens with zero attached hydrogens (tertiary/aromatic N) is 2. The molecule has 26 heavy (non-hydrogen) atoms. The van der Waals surface area contributed by atoms with Crippen LogP contribution in [0.5, 0.6) is 0 Å². The number of rotatable bonds is 3. The van der Waals surface area contributed by atoms with E-state index in [9.17, 15) is 0 Å². The van der Waals surface area contributed by atoms with Gasteiger partial charge in [0.05, 0.1) is 11.7 Å². The number of anilines is 1. The molecule has 2 aromatic heterocycles. The normalized spacial score (nSPS) is 19.7. The first-order valence-corrected chi connectivity index (χ1v) is 9.19. The molecule has 4 rings (SSSR count). The van der Waals surface area contributed by atoms with Gasteiger partial charge in [0, 0.05) is 23.3 Å². The van der Waals surface area contributed by atoms with Gasteiger partial charge in [-0.05, 0) is 80.5 Å². The van der Waals surface area contributed by atoms with Crippen LogP contribution in [0, 0.1) is 20.8 Å². The van der Waals surface area contributed by atoms with Gasteiger partial charge in [0.25, 0.3) is 0 Å². The monoisotopic (exact) mass is 362 g/mol. The average molecular weight is 363 g/mol. The standard InChI is InChI=1S/C21H22N4S/c1-13-7-9-16(12-14(13)2)25-20(18-10-8-15(3)23-18)19(24-21(25)26)17-6-4-5-11-22-17/h4-12,19-20,23H,1-3H3,(H,24,26)/t19-,20-/m1/s1. The molecule has 0 saturated carbocycles. The lowest BCUT2D eigenvalue weighted by molar-refractivity contribution is 0.558. The lowest BCUT2D eigenvalue weighted by Crippen LogP contribution is -2.29. The van der Waals surface area contributed by atoms with Crippen LogP contribution in [0.25, 0.3) is 0 Å². The van der Waals surface area contributed by atoms with E-state index in [1.54, 1.807) is 0 Å².